The van der Waals surface area contributed by atoms with Crippen LogP contribution in [-0.4, -0.2) is 5.11 Å². The molecule has 104 valence electrons. The van der Waals surface area contributed by atoms with E-state index in [0.29, 0.717) is 33.3 Å². The van der Waals surface area contributed by atoms with Crippen LogP contribution in [0, 0.1) is 5.82 Å². The summed E-state index contributed by atoms with van der Waals surface area (Å²) in [7, 11) is 0. The third kappa shape index (κ3) is 2.37. The van der Waals surface area contributed by atoms with Gasteiger partial charge in [0.2, 0.25) is 0 Å². The molecule has 0 bridgehead atoms. The van der Waals surface area contributed by atoms with Crippen LogP contribution in [0.1, 0.15) is 29.8 Å². The first-order valence-corrected chi connectivity index (χ1v) is 6.90. The number of aliphatic hydroxyl groups is 1. The van der Waals surface area contributed by atoms with Crippen LogP contribution in [0.4, 0.5) is 4.39 Å². The second kappa shape index (κ2) is 5.24. The smallest absolute Gasteiger partial charge is 0.128 e. The fourth-order valence-electron chi connectivity index (χ4n) is 2.38. The predicted molar refractivity (Wildman–Crippen MR) is 75.8 cm³/mol. The van der Waals surface area contributed by atoms with Gasteiger partial charge in [0.15, 0.2) is 0 Å². The first-order chi connectivity index (χ1) is 9.56. The maximum absolute atomic E-state index is 13.2. The van der Waals surface area contributed by atoms with Gasteiger partial charge in [-0.05, 0) is 24.3 Å². The number of benzene rings is 2. The van der Waals surface area contributed by atoms with Crippen molar-refractivity contribution in [3.63, 3.8) is 0 Å². The molecule has 1 N–H and O–H groups in total. The Balaban J connectivity index is 1.99. The highest BCUT2D eigenvalue weighted by Gasteiger charge is 2.29. The molecule has 0 aliphatic carbocycles. The molecule has 5 heteroatoms. The average molecular weight is 313 g/mol. The lowest BCUT2D eigenvalue weighted by atomic mass is 9.95. The first-order valence-electron chi connectivity index (χ1n) is 6.14. The van der Waals surface area contributed by atoms with Gasteiger partial charge in [0.1, 0.15) is 17.7 Å². The summed E-state index contributed by atoms with van der Waals surface area (Å²) >= 11 is 12.2. The highest BCUT2D eigenvalue weighted by molar-refractivity contribution is 6.42. The van der Waals surface area contributed by atoms with E-state index in [9.17, 15) is 9.50 Å². The summed E-state index contributed by atoms with van der Waals surface area (Å²) in [6.07, 6.45) is -0.903. The normalized spacial score (nSPS) is 21.2. The molecule has 2 unspecified atom stereocenters. The van der Waals surface area contributed by atoms with Crippen molar-refractivity contribution in [2.24, 2.45) is 0 Å². The molecule has 0 radical (unpaired) electrons. The molecule has 0 saturated heterocycles. The number of fused-ring (bicyclic) bond motifs is 1. The largest absolute Gasteiger partial charge is 0.485 e. The topological polar surface area (TPSA) is 29.5 Å². The zero-order chi connectivity index (χ0) is 14.3. The van der Waals surface area contributed by atoms with E-state index in [-0.39, 0.29) is 0 Å². The van der Waals surface area contributed by atoms with Gasteiger partial charge in [-0.2, -0.15) is 0 Å². The van der Waals surface area contributed by atoms with Gasteiger partial charge in [-0.15, -0.1) is 0 Å². The van der Waals surface area contributed by atoms with E-state index >= 15 is 0 Å². The van der Waals surface area contributed by atoms with Crippen molar-refractivity contribution in [3.8, 4) is 5.75 Å². The van der Waals surface area contributed by atoms with Crippen molar-refractivity contribution in [1.82, 2.24) is 0 Å². The maximum Gasteiger partial charge on any atom is 0.128 e. The van der Waals surface area contributed by atoms with Gasteiger partial charge < -0.3 is 9.84 Å². The van der Waals surface area contributed by atoms with Crippen molar-refractivity contribution in [3.05, 3.63) is 63.4 Å². The fourth-order valence-corrected chi connectivity index (χ4v) is 2.81. The summed E-state index contributed by atoms with van der Waals surface area (Å²) in [6.45, 7) is 0. The molecule has 2 aromatic carbocycles. The fraction of sp³-hybridized carbons (Fsp3) is 0.200. The van der Waals surface area contributed by atoms with Crippen LogP contribution in [0.5, 0.6) is 5.75 Å². The van der Waals surface area contributed by atoms with Crippen LogP contribution >= 0.6 is 23.2 Å². The van der Waals surface area contributed by atoms with Crippen molar-refractivity contribution in [2.75, 3.05) is 0 Å². The summed E-state index contributed by atoms with van der Waals surface area (Å²) in [5.74, 6) is 0.0665. The Labute approximate surface area is 125 Å². The van der Waals surface area contributed by atoms with E-state index in [1.807, 2.05) is 0 Å². The van der Waals surface area contributed by atoms with Crippen LogP contribution < -0.4 is 4.74 Å². The number of halogens is 3. The zero-order valence-corrected chi connectivity index (χ0v) is 11.8. The van der Waals surface area contributed by atoms with Gasteiger partial charge in [0, 0.05) is 17.5 Å². The Morgan fingerprint density at radius 2 is 1.95 bits per heavy atom. The van der Waals surface area contributed by atoms with E-state index in [4.69, 9.17) is 27.9 Å². The predicted octanol–water partition coefficient (Wildman–Crippen LogP) is 4.69. The summed E-state index contributed by atoms with van der Waals surface area (Å²) in [5, 5.41) is 11.0. The van der Waals surface area contributed by atoms with E-state index in [2.05, 4.69) is 0 Å². The summed E-state index contributed by atoms with van der Waals surface area (Å²) in [4.78, 5) is 0. The highest BCUT2D eigenvalue weighted by Crippen LogP contribution is 2.43. The van der Waals surface area contributed by atoms with Crippen LogP contribution in [0.25, 0.3) is 0 Å². The lowest BCUT2D eigenvalue weighted by Crippen LogP contribution is -2.19. The maximum atomic E-state index is 13.2. The van der Waals surface area contributed by atoms with Crippen molar-refractivity contribution in [1.29, 1.82) is 0 Å². The Morgan fingerprint density at radius 3 is 2.75 bits per heavy atom. The Kier molecular flexibility index (Phi) is 3.59. The third-order valence-electron chi connectivity index (χ3n) is 3.37. The molecular weight excluding hydrogens is 302 g/mol. The summed E-state index contributed by atoms with van der Waals surface area (Å²) in [5.41, 5.74) is 1.17. The van der Waals surface area contributed by atoms with E-state index in [1.165, 1.54) is 18.2 Å². The second-order valence-electron chi connectivity index (χ2n) is 4.68. The zero-order valence-electron chi connectivity index (χ0n) is 10.3. The Morgan fingerprint density at radius 1 is 1.15 bits per heavy atom. The van der Waals surface area contributed by atoms with Gasteiger partial charge in [-0.25, -0.2) is 4.39 Å². The molecule has 2 aromatic rings. The highest BCUT2D eigenvalue weighted by atomic mass is 35.5. The molecule has 0 amide bonds. The lowest BCUT2D eigenvalue weighted by molar-refractivity contribution is 0.0654. The quantitative estimate of drug-likeness (QED) is 0.827. The molecule has 2 nitrogen and oxygen atoms in total. The number of hydrogen-bond acceptors (Lipinski definition) is 2. The number of aliphatic hydroxyl groups excluding tert-OH is 1. The molecule has 2 atom stereocenters. The van der Waals surface area contributed by atoms with E-state index in [1.54, 1.807) is 18.2 Å². The molecule has 1 aliphatic heterocycles. The van der Waals surface area contributed by atoms with Crippen LogP contribution in [0.15, 0.2) is 36.4 Å². The van der Waals surface area contributed by atoms with Crippen LogP contribution in [0.3, 0.4) is 0 Å². The summed E-state index contributed by atoms with van der Waals surface area (Å²) < 4.78 is 19.0. The molecule has 1 aliphatic rings. The molecule has 0 spiro atoms. The minimum Gasteiger partial charge on any atom is -0.485 e. The second-order valence-corrected chi connectivity index (χ2v) is 5.47. The van der Waals surface area contributed by atoms with Crippen molar-refractivity contribution in [2.45, 2.75) is 18.6 Å². The summed E-state index contributed by atoms with van der Waals surface area (Å²) in [6, 6.07) is 9.37. The minimum atomic E-state index is -0.797. The molecule has 3 rings (SSSR count). The molecule has 0 fully saturated rings. The number of ether oxygens (including phenoxy) is 1. The minimum absolute atomic E-state index is 0.302. The molecule has 1 heterocycles. The Bertz CT molecular complexity index is 660. The van der Waals surface area contributed by atoms with Crippen molar-refractivity contribution < 1.29 is 14.2 Å². The number of hydrogen-bond donors (Lipinski definition) is 1. The van der Waals surface area contributed by atoms with Gasteiger partial charge in [0.25, 0.3) is 0 Å². The molecule has 0 saturated carbocycles. The monoisotopic (exact) mass is 312 g/mol. The van der Waals surface area contributed by atoms with Crippen LogP contribution in [0.2, 0.25) is 10.0 Å². The van der Waals surface area contributed by atoms with Crippen LogP contribution in [-0.2, 0) is 0 Å². The van der Waals surface area contributed by atoms with Gasteiger partial charge in [0.05, 0.1) is 16.1 Å². The molecule has 20 heavy (non-hydrogen) atoms. The lowest BCUT2D eigenvalue weighted by Gasteiger charge is -2.30. The molecular formula is C15H11Cl2FO2. The van der Waals surface area contributed by atoms with Crippen molar-refractivity contribution >= 4 is 23.2 Å². The SMILES string of the molecule is OC1CC(c2cccc(Cl)c2Cl)Oc2ccc(F)cc21. The van der Waals surface area contributed by atoms with E-state index < -0.39 is 18.0 Å². The van der Waals surface area contributed by atoms with Gasteiger partial charge >= 0.3 is 0 Å². The number of rotatable bonds is 1. The van der Waals surface area contributed by atoms with E-state index in [0.717, 1.165) is 0 Å². The molecule has 0 aromatic heterocycles. The Hall–Kier alpha value is -1.29. The standard InChI is InChI=1S/C15H11Cl2FO2/c16-11-3-1-2-9(15(11)17)14-7-12(19)10-6-8(18)4-5-13(10)20-14/h1-6,12,14,19H,7H2. The first kappa shape index (κ1) is 13.7. The average Bonchev–Trinajstić information content (AvgIpc) is 2.42. The third-order valence-corrected chi connectivity index (χ3v) is 4.20. The van der Waals surface area contributed by atoms with Gasteiger partial charge in [-0.1, -0.05) is 35.3 Å². The van der Waals surface area contributed by atoms with Gasteiger partial charge in [-0.3, -0.25) is 0 Å².